The number of rotatable bonds is 11. The summed E-state index contributed by atoms with van der Waals surface area (Å²) in [6, 6.07) is 15.2. The number of aryl methyl sites for hydroxylation is 2. The zero-order valence-corrected chi connectivity index (χ0v) is 18.2. The third-order valence-electron chi connectivity index (χ3n) is 4.65. The second kappa shape index (κ2) is 11.9. The molecule has 0 bridgehead atoms. The van der Waals surface area contributed by atoms with Crippen molar-refractivity contribution in [2.24, 2.45) is 0 Å². The van der Waals surface area contributed by atoms with Crippen LogP contribution >= 0.6 is 0 Å². The van der Waals surface area contributed by atoms with Gasteiger partial charge in [-0.15, -0.1) is 0 Å². The summed E-state index contributed by atoms with van der Waals surface area (Å²) in [6.45, 7) is 8.43. The van der Waals surface area contributed by atoms with Crippen LogP contribution in [0.15, 0.2) is 48.5 Å². The summed E-state index contributed by atoms with van der Waals surface area (Å²) in [5, 5.41) is 5.63. The molecule has 6 nitrogen and oxygen atoms in total. The summed E-state index contributed by atoms with van der Waals surface area (Å²) in [5.41, 5.74) is 2.26. The topological polar surface area (TPSA) is 76.7 Å². The van der Waals surface area contributed by atoms with Crippen molar-refractivity contribution >= 4 is 11.8 Å². The molecule has 0 saturated carbocycles. The summed E-state index contributed by atoms with van der Waals surface area (Å²) in [6.07, 6.45) is -0.0451. The van der Waals surface area contributed by atoms with Crippen LogP contribution in [0, 0.1) is 13.8 Å². The zero-order chi connectivity index (χ0) is 21.9. The number of nitrogens with one attached hydrogen (secondary N) is 2. The fourth-order valence-electron chi connectivity index (χ4n) is 2.81. The van der Waals surface area contributed by atoms with Crippen LogP contribution < -0.4 is 20.1 Å². The first kappa shape index (κ1) is 23.3. The van der Waals surface area contributed by atoms with Gasteiger partial charge in [0, 0.05) is 13.1 Å². The van der Waals surface area contributed by atoms with Crippen LogP contribution in [-0.2, 0) is 9.59 Å². The molecule has 0 aliphatic heterocycles. The van der Waals surface area contributed by atoms with Crippen LogP contribution in [0.25, 0.3) is 0 Å². The molecule has 0 fully saturated rings. The van der Waals surface area contributed by atoms with Crippen molar-refractivity contribution in [3.8, 4) is 11.5 Å². The number of hydrogen-bond donors (Lipinski definition) is 2. The van der Waals surface area contributed by atoms with Gasteiger partial charge in [0.15, 0.2) is 12.2 Å². The Morgan fingerprint density at radius 1 is 0.700 bits per heavy atom. The molecule has 2 rings (SSSR count). The minimum absolute atomic E-state index is 0.199. The van der Waals surface area contributed by atoms with E-state index in [0.717, 1.165) is 11.1 Å². The smallest absolute Gasteiger partial charge is 0.261 e. The monoisotopic (exact) mass is 412 g/mol. The molecule has 0 aromatic heterocycles. The molecule has 2 aromatic rings. The van der Waals surface area contributed by atoms with Gasteiger partial charge >= 0.3 is 0 Å². The average Bonchev–Trinajstić information content (AvgIpc) is 2.75. The van der Waals surface area contributed by atoms with E-state index in [-0.39, 0.29) is 11.8 Å². The summed E-state index contributed by atoms with van der Waals surface area (Å²) < 4.78 is 11.5. The van der Waals surface area contributed by atoms with Crippen molar-refractivity contribution < 1.29 is 19.1 Å². The number of benzene rings is 2. The quantitative estimate of drug-likeness (QED) is 0.554. The maximum atomic E-state index is 12.4. The van der Waals surface area contributed by atoms with Crippen LogP contribution in [0.5, 0.6) is 11.5 Å². The first-order valence-corrected chi connectivity index (χ1v) is 10.4. The molecule has 2 unspecified atom stereocenters. The lowest BCUT2D eigenvalue weighted by atomic mass is 10.2. The molecule has 2 amide bonds. The van der Waals surface area contributed by atoms with Gasteiger partial charge in [-0.2, -0.15) is 0 Å². The lowest BCUT2D eigenvalue weighted by molar-refractivity contribution is -0.129. The largest absolute Gasteiger partial charge is 0.481 e. The Labute approximate surface area is 179 Å². The van der Waals surface area contributed by atoms with E-state index < -0.39 is 12.2 Å². The van der Waals surface area contributed by atoms with Crippen LogP contribution in [-0.4, -0.2) is 37.1 Å². The molecule has 0 spiro atoms. The second-order valence-corrected chi connectivity index (χ2v) is 7.24. The van der Waals surface area contributed by atoms with Gasteiger partial charge in [-0.1, -0.05) is 49.2 Å². The Kier molecular flexibility index (Phi) is 9.19. The Morgan fingerprint density at radius 3 is 1.33 bits per heavy atom. The van der Waals surface area contributed by atoms with Crippen LogP contribution in [0.4, 0.5) is 0 Å². The highest BCUT2D eigenvalue weighted by Crippen LogP contribution is 2.15. The van der Waals surface area contributed by atoms with E-state index in [1.165, 1.54) is 0 Å². The van der Waals surface area contributed by atoms with Crippen LogP contribution in [0.1, 0.15) is 37.8 Å². The molecule has 6 heteroatoms. The normalized spacial score (nSPS) is 12.5. The van der Waals surface area contributed by atoms with Gasteiger partial charge in [0.05, 0.1) is 0 Å². The predicted octanol–water partition coefficient (Wildman–Crippen LogP) is 3.55. The fraction of sp³-hybridized carbons (Fsp3) is 0.417. The van der Waals surface area contributed by atoms with Gasteiger partial charge in [-0.05, 0) is 51.0 Å². The van der Waals surface area contributed by atoms with E-state index in [1.807, 2.05) is 76.2 Å². The molecule has 2 atom stereocenters. The van der Waals surface area contributed by atoms with Gasteiger partial charge in [-0.25, -0.2) is 0 Å². The second-order valence-electron chi connectivity index (χ2n) is 7.24. The van der Waals surface area contributed by atoms with Crippen molar-refractivity contribution in [2.75, 3.05) is 13.1 Å². The van der Waals surface area contributed by atoms with E-state index in [9.17, 15) is 9.59 Å². The van der Waals surface area contributed by atoms with Crippen molar-refractivity contribution in [1.82, 2.24) is 10.6 Å². The SMILES string of the molecule is CCC(Oc1ccc(C)cc1)C(=O)NCCNC(=O)C(CC)Oc1ccc(C)cc1. The molecular weight excluding hydrogens is 380 g/mol. The van der Waals surface area contributed by atoms with E-state index in [4.69, 9.17) is 9.47 Å². The minimum atomic E-state index is -0.573. The average molecular weight is 413 g/mol. The Bertz CT molecular complexity index is 733. The standard InChI is InChI=1S/C24H32N2O4/c1-5-21(29-19-11-7-17(3)8-12-19)23(27)25-15-16-26-24(28)22(6-2)30-20-13-9-18(4)10-14-20/h7-14,21-22H,5-6,15-16H2,1-4H3,(H,25,27)(H,26,28). The summed E-state index contributed by atoms with van der Waals surface area (Å²) in [5.74, 6) is 0.926. The molecule has 0 aliphatic rings. The van der Waals surface area contributed by atoms with Crippen molar-refractivity contribution in [3.63, 3.8) is 0 Å². The van der Waals surface area contributed by atoms with Gasteiger partial charge in [0.25, 0.3) is 11.8 Å². The highest BCUT2D eigenvalue weighted by Gasteiger charge is 2.20. The molecule has 0 saturated heterocycles. The van der Waals surface area contributed by atoms with E-state index in [1.54, 1.807) is 0 Å². The van der Waals surface area contributed by atoms with Crippen molar-refractivity contribution in [2.45, 2.75) is 52.7 Å². The Morgan fingerprint density at radius 2 is 1.03 bits per heavy atom. The van der Waals surface area contributed by atoms with Crippen molar-refractivity contribution in [1.29, 1.82) is 0 Å². The lowest BCUT2D eigenvalue weighted by Gasteiger charge is -2.19. The Balaban J connectivity index is 1.74. The Hall–Kier alpha value is -3.02. The van der Waals surface area contributed by atoms with E-state index >= 15 is 0 Å². The molecule has 0 heterocycles. The maximum Gasteiger partial charge on any atom is 0.261 e. The molecule has 30 heavy (non-hydrogen) atoms. The highest BCUT2D eigenvalue weighted by atomic mass is 16.5. The van der Waals surface area contributed by atoms with Crippen LogP contribution in [0.3, 0.4) is 0 Å². The zero-order valence-electron chi connectivity index (χ0n) is 18.2. The first-order valence-electron chi connectivity index (χ1n) is 10.4. The molecule has 0 aliphatic carbocycles. The molecule has 162 valence electrons. The third kappa shape index (κ3) is 7.43. The van der Waals surface area contributed by atoms with Gasteiger partial charge < -0.3 is 20.1 Å². The fourth-order valence-corrected chi connectivity index (χ4v) is 2.81. The van der Waals surface area contributed by atoms with Gasteiger partial charge in [-0.3, -0.25) is 9.59 Å². The highest BCUT2D eigenvalue weighted by molar-refractivity contribution is 5.82. The number of carbonyl (C=O) groups excluding carboxylic acids is 2. The number of amides is 2. The summed E-state index contributed by atoms with van der Waals surface area (Å²) in [7, 11) is 0. The predicted molar refractivity (Wildman–Crippen MR) is 118 cm³/mol. The molecular formula is C24H32N2O4. The number of carbonyl (C=O) groups is 2. The van der Waals surface area contributed by atoms with Gasteiger partial charge in [0.1, 0.15) is 11.5 Å². The minimum Gasteiger partial charge on any atom is -0.481 e. The maximum absolute atomic E-state index is 12.4. The third-order valence-corrected chi connectivity index (χ3v) is 4.65. The van der Waals surface area contributed by atoms with E-state index in [2.05, 4.69) is 10.6 Å². The summed E-state index contributed by atoms with van der Waals surface area (Å²) >= 11 is 0. The lowest BCUT2D eigenvalue weighted by Crippen LogP contribution is -2.44. The summed E-state index contributed by atoms with van der Waals surface area (Å²) in [4.78, 5) is 24.8. The first-order chi connectivity index (χ1) is 14.4. The number of ether oxygens (including phenoxy) is 2. The molecule has 2 aromatic carbocycles. The van der Waals surface area contributed by atoms with E-state index in [0.29, 0.717) is 37.4 Å². The van der Waals surface area contributed by atoms with Crippen molar-refractivity contribution in [3.05, 3.63) is 59.7 Å². The number of hydrogen-bond acceptors (Lipinski definition) is 4. The van der Waals surface area contributed by atoms with Crippen LogP contribution in [0.2, 0.25) is 0 Å². The molecule has 2 N–H and O–H groups in total. The van der Waals surface area contributed by atoms with Gasteiger partial charge in [0.2, 0.25) is 0 Å². The molecule has 0 radical (unpaired) electrons.